The van der Waals surface area contributed by atoms with Crippen molar-refractivity contribution in [2.45, 2.75) is 46.1 Å². The zero-order chi connectivity index (χ0) is 15.4. The maximum absolute atomic E-state index is 12.4. The number of hydrogen-bond donors (Lipinski definition) is 1. The van der Waals surface area contributed by atoms with E-state index in [1.165, 1.54) is 23.1 Å². The van der Waals surface area contributed by atoms with Crippen LogP contribution >= 0.6 is 0 Å². The lowest BCUT2D eigenvalue weighted by molar-refractivity contribution is -0.132. The van der Waals surface area contributed by atoms with Gasteiger partial charge in [-0.25, -0.2) is 0 Å². The van der Waals surface area contributed by atoms with E-state index in [0.29, 0.717) is 12.3 Å². The molecule has 1 aliphatic heterocycles. The molecule has 3 nitrogen and oxygen atoms in total. The number of rotatable bonds is 5. The van der Waals surface area contributed by atoms with Crippen LogP contribution in [0.1, 0.15) is 48.9 Å². The van der Waals surface area contributed by atoms with Gasteiger partial charge < -0.3 is 10.2 Å². The van der Waals surface area contributed by atoms with E-state index in [1.54, 1.807) is 0 Å². The third-order valence-corrected chi connectivity index (χ3v) is 4.78. The Morgan fingerprint density at radius 2 is 2.19 bits per heavy atom. The number of carbonyl (C=O) groups excluding carboxylic acids is 1. The molecule has 0 saturated carbocycles. The maximum atomic E-state index is 12.4. The van der Waals surface area contributed by atoms with Crippen LogP contribution in [0.4, 0.5) is 0 Å². The third-order valence-electron chi connectivity index (χ3n) is 4.78. The first-order valence-corrected chi connectivity index (χ1v) is 8.02. The lowest BCUT2D eigenvalue weighted by atomic mass is 9.98. The topological polar surface area (TPSA) is 32.3 Å². The van der Waals surface area contributed by atoms with Crippen LogP contribution in [0.15, 0.2) is 18.2 Å². The first-order chi connectivity index (χ1) is 9.99. The molecule has 0 radical (unpaired) electrons. The van der Waals surface area contributed by atoms with Gasteiger partial charge in [0, 0.05) is 13.5 Å². The molecule has 2 atom stereocenters. The van der Waals surface area contributed by atoms with Gasteiger partial charge in [0.05, 0.1) is 6.04 Å². The Kier molecular flexibility index (Phi) is 5.40. The van der Waals surface area contributed by atoms with E-state index in [4.69, 9.17) is 0 Å². The van der Waals surface area contributed by atoms with Crippen molar-refractivity contribution in [1.29, 1.82) is 0 Å². The normalized spacial score (nSPS) is 19.5. The first-order valence-electron chi connectivity index (χ1n) is 8.02. The molecule has 1 N–H and O–H groups in total. The molecule has 0 aliphatic carbocycles. The maximum Gasteiger partial charge on any atom is 0.222 e. The van der Waals surface area contributed by atoms with E-state index in [2.05, 4.69) is 44.3 Å². The number of nitrogens with one attached hydrogen (secondary N) is 1. The number of hydrogen-bond acceptors (Lipinski definition) is 2. The van der Waals surface area contributed by atoms with Crippen LogP contribution < -0.4 is 5.32 Å². The lowest BCUT2D eigenvalue weighted by Crippen LogP contribution is -2.30. The molecule has 1 heterocycles. The predicted molar refractivity (Wildman–Crippen MR) is 87.3 cm³/mol. The Bertz CT molecular complexity index is 492. The van der Waals surface area contributed by atoms with E-state index in [9.17, 15) is 4.79 Å². The summed E-state index contributed by atoms with van der Waals surface area (Å²) in [5.41, 5.74) is 3.78. The van der Waals surface area contributed by atoms with E-state index < -0.39 is 0 Å². The van der Waals surface area contributed by atoms with Crippen LogP contribution in [0.5, 0.6) is 0 Å². The van der Waals surface area contributed by atoms with Gasteiger partial charge in [-0.15, -0.1) is 0 Å². The highest BCUT2D eigenvalue weighted by Gasteiger charge is 2.21. The number of amides is 1. The number of nitrogens with zero attached hydrogens (tertiary/aromatic N) is 1. The van der Waals surface area contributed by atoms with Crippen molar-refractivity contribution in [1.82, 2.24) is 10.2 Å². The molecule has 0 bridgehead atoms. The predicted octanol–water partition coefficient (Wildman–Crippen LogP) is 3.21. The Morgan fingerprint density at radius 3 is 2.81 bits per heavy atom. The van der Waals surface area contributed by atoms with Crippen molar-refractivity contribution in [2.24, 2.45) is 5.92 Å². The second-order valence-electron chi connectivity index (χ2n) is 6.44. The fourth-order valence-electron chi connectivity index (χ4n) is 3.18. The summed E-state index contributed by atoms with van der Waals surface area (Å²) < 4.78 is 0. The summed E-state index contributed by atoms with van der Waals surface area (Å²) in [7, 11) is 1.93. The monoisotopic (exact) mass is 288 g/mol. The minimum absolute atomic E-state index is 0.139. The molecular formula is C18H28N2O. The van der Waals surface area contributed by atoms with Gasteiger partial charge in [0.1, 0.15) is 0 Å². The molecule has 116 valence electrons. The fraction of sp³-hybridized carbons (Fsp3) is 0.611. The number of benzene rings is 1. The number of carbonyl (C=O) groups is 1. The van der Waals surface area contributed by atoms with Gasteiger partial charge >= 0.3 is 0 Å². The molecule has 1 amide bonds. The standard InChI is InChI=1S/C18H28N2O/c1-13-5-7-17(14(2)11-13)15(3)20(4)18(21)8-6-16-9-10-19-12-16/h5,7,11,15-16,19H,6,8-10,12H2,1-4H3. The highest BCUT2D eigenvalue weighted by molar-refractivity contribution is 5.76. The smallest absolute Gasteiger partial charge is 0.222 e. The van der Waals surface area contributed by atoms with Crippen molar-refractivity contribution < 1.29 is 4.79 Å². The molecular weight excluding hydrogens is 260 g/mol. The molecule has 1 aliphatic rings. The Balaban J connectivity index is 1.93. The summed E-state index contributed by atoms with van der Waals surface area (Å²) in [5, 5.41) is 3.36. The van der Waals surface area contributed by atoms with Crippen molar-refractivity contribution >= 4 is 5.91 Å². The molecule has 0 aromatic heterocycles. The summed E-state index contributed by atoms with van der Waals surface area (Å²) in [6, 6.07) is 6.61. The van der Waals surface area contributed by atoms with E-state index in [1.807, 2.05) is 11.9 Å². The summed E-state index contributed by atoms with van der Waals surface area (Å²) in [6.45, 7) is 8.53. The molecule has 1 fully saturated rings. The number of aryl methyl sites for hydroxylation is 2. The van der Waals surface area contributed by atoms with Gasteiger partial charge in [0.15, 0.2) is 0 Å². The van der Waals surface area contributed by atoms with Crippen LogP contribution in [0.25, 0.3) is 0 Å². The van der Waals surface area contributed by atoms with Gasteiger partial charge in [-0.3, -0.25) is 4.79 Å². The highest BCUT2D eigenvalue weighted by Crippen LogP contribution is 2.24. The van der Waals surface area contributed by atoms with Gasteiger partial charge in [-0.2, -0.15) is 0 Å². The van der Waals surface area contributed by atoms with Crippen LogP contribution in [0, 0.1) is 19.8 Å². The average Bonchev–Trinajstić information content (AvgIpc) is 2.96. The van der Waals surface area contributed by atoms with E-state index in [-0.39, 0.29) is 11.9 Å². The van der Waals surface area contributed by atoms with Gasteiger partial charge in [-0.05, 0) is 63.7 Å². The summed E-state index contributed by atoms with van der Waals surface area (Å²) in [5.74, 6) is 0.938. The Labute approximate surface area is 128 Å². The SMILES string of the molecule is Cc1ccc(C(C)N(C)C(=O)CCC2CCNC2)c(C)c1. The molecule has 1 saturated heterocycles. The van der Waals surface area contributed by atoms with Crippen molar-refractivity contribution in [3.63, 3.8) is 0 Å². The van der Waals surface area contributed by atoms with Gasteiger partial charge in [-0.1, -0.05) is 23.8 Å². The van der Waals surface area contributed by atoms with Crippen LogP contribution in [-0.2, 0) is 4.79 Å². The molecule has 2 unspecified atom stereocenters. The molecule has 0 spiro atoms. The second kappa shape index (κ2) is 7.08. The van der Waals surface area contributed by atoms with Crippen LogP contribution in [-0.4, -0.2) is 30.9 Å². The third kappa shape index (κ3) is 4.07. The van der Waals surface area contributed by atoms with Gasteiger partial charge in [0.2, 0.25) is 5.91 Å². The molecule has 3 heteroatoms. The van der Waals surface area contributed by atoms with Crippen molar-refractivity contribution in [3.8, 4) is 0 Å². The summed E-state index contributed by atoms with van der Waals surface area (Å²) in [6.07, 6.45) is 2.89. The van der Waals surface area contributed by atoms with Crippen molar-refractivity contribution in [2.75, 3.05) is 20.1 Å². The van der Waals surface area contributed by atoms with E-state index in [0.717, 1.165) is 19.5 Å². The van der Waals surface area contributed by atoms with Crippen LogP contribution in [0.3, 0.4) is 0 Å². The fourth-order valence-corrected chi connectivity index (χ4v) is 3.18. The lowest BCUT2D eigenvalue weighted by Gasteiger charge is -2.27. The minimum Gasteiger partial charge on any atom is -0.339 e. The summed E-state index contributed by atoms with van der Waals surface area (Å²) >= 11 is 0. The Hall–Kier alpha value is -1.35. The zero-order valence-electron chi connectivity index (χ0n) is 13.8. The first kappa shape index (κ1) is 16.0. The second-order valence-corrected chi connectivity index (χ2v) is 6.44. The average molecular weight is 288 g/mol. The highest BCUT2D eigenvalue weighted by atomic mass is 16.2. The largest absolute Gasteiger partial charge is 0.339 e. The van der Waals surface area contributed by atoms with Gasteiger partial charge in [0.25, 0.3) is 0 Å². The molecule has 21 heavy (non-hydrogen) atoms. The molecule has 1 aromatic rings. The van der Waals surface area contributed by atoms with Crippen molar-refractivity contribution in [3.05, 3.63) is 34.9 Å². The van der Waals surface area contributed by atoms with E-state index >= 15 is 0 Å². The molecule has 2 rings (SSSR count). The quantitative estimate of drug-likeness (QED) is 0.902. The van der Waals surface area contributed by atoms with Crippen LogP contribution in [0.2, 0.25) is 0 Å². The Morgan fingerprint density at radius 1 is 1.43 bits per heavy atom. The molecule has 1 aromatic carbocycles. The summed E-state index contributed by atoms with van der Waals surface area (Å²) in [4.78, 5) is 14.3. The zero-order valence-corrected chi connectivity index (χ0v) is 13.8. The minimum atomic E-state index is 0.139.